The molecule has 6 aromatic rings. The summed E-state index contributed by atoms with van der Waals surface area (Å²) in [5, 5.41) is 0. The fraction of sp³-hybridized carbons (Fsp3) is 0.200. The van der Waals surface area contributed by atoms with E-state index in [-0.39, 0.29) is 27.8 Å². The van der Waals surface area contributed by atoms with Gasteiger partial charge in [0.25, 0.3) is 9.05 Å². The Bertz CT molecular complexity index is 2540. The van der Waals surface area contributed by atoms with Crippen LogP contribution in [0.25, 0.3) is 0 Å². The Morgan fingerprint density at radius 1 is 0.508 bits per heavy atom. The van der Waals surface area contributed by atoms with Gasteiger partial charge in [-0.3, -0.25) is 0 Å². The van der Waals surface area contributed by atoms with Gasteiger partial charge in [-0.05, 0) is 102 Å². The standard InChI is InChI=1S/C24H26FNO4S.C21H18ClFO4S/c1-3-14-26-31(27,28)20-11-13-22(21(25)16-20)30-23-12-10-18(4-2)15-24(23)29-17-19-8-6-5-7-9-19;1-2-15-8-10-20(21(12-15)26-14-16-6-4-3-5-7-16)27-19-11-9-17(13-18(19)23)28(22,24)25/h5-13,15-16,26H,3-4,14,17H2,1-2H3;3-13H,2,14H2,1H3. The summed E-state index contributed by atoms with van der Waals surface area (Å²) < 4.78 is 102. The van der Waals surface area contributed by atoms with Crippen molar-refractivity contribution >= 4 is 29.8 Å². The lowest BCUT2D eigenvalue weighted by atomic mass is 10.1. The van der Waals surface area contributed by atoms with Crippen molar-refractivity contribution < 1.29 is 44.6 Å². The lowest BCUT2D eigenvalue weighted by molar-refractivity contribution is 0.289. The molecule has 6 rings (SSSR count). The third-order valence-electron chi connectivity index (χ3n) is 8.69. The molecule has 9 nitrogen and oxygen atoms in total. The lowest BCUT2D eigenvalue weighted by Gasteiger charge is -2.15. The molecular weight excluding hydrogens is 820 g/mol. The first kappa shape index (κ1) is 44.6. The number of hydrogen-bond acceptors (Lipinski definition) is 8. The van der Waals surface area contributed by atoms with Crippen molar-refractivity contribution in [2.45, 2.75) is 63.0 Å². The first-order valence-electron chi connectivity index (χ1n) is 18.8. The van der Waals surface area contributed by atoms with Crippen molar-refractivity contribution in [3.8, 4) is 34.5 Å². The lowest BCUT2D eigenvalue weighted by Crippen LogP contribution is -2.24. The molecule has 14 heteroatoms. The van der Waals surface area contributed by atoms with Gasteiger partial charge in [0.05, 0.1) is 9.79 Å². The summed E-state index contributed by atoms with van der Waals surface area (Å²) in [7, 11) is -2.53. The summed E-state index contributed by atoms with van der Waals surface area (Å²) in [5.41, 5.74) is 4.08. The van der Waals surface area contributed by atoms with Crippen molar-refractivity contribution in [3.05, 3.63) is 167 Å². The van der Waals surface area contributed by atoms with Crippen LogP contribution in [-0.4, -0.2) is 23.4 Å². The van der Waals surface area contributed by atoms with Crippen LogP contribution in [-0.2, 0) is 45.1 Å². The van der Waals surface area contributed by atoms with Crippen molar-refractivity contribution in [2.24, 2.45) is 0 Å². The fourth-order valence-corrected chi connectivity index (χ4v) is 7.32. The predicted molar refractivity (Wildman–Crippen MR) is 225 cm³/mol. The number of benzene rings is 6. The summed E-state index contributed by atoms with van der Waals surface area (Å²) in [6.45, 7) is 6.85. The Hall–Kier alpha value is -5.47. The Kier molecular flexibility index (Phi) is 15.9. The molecule has 0 saturated heterocycles. The number of sulfonamides is 1. The van der Waals surface area contributed by atoms with Crippen LogP contribution in [0.3, 0.4) is 0 Å². The van der Waals surface area contributed by atoms with E-state index in [4.69, 9.17) is 29.6 Å². The van der Waals surface area contributed by atoms with Gasteiger partial charge < -0.3 is 18.9 Å². The Balaban J connectivity index is 0.000000225. The highest BCUT2D eigenvalue weighted by atomic mass is 35.7. The van der Waals surface area contributed by atoms with E-state index in [9.17, 15) is 25.6 Å². The van der Waals surface area contributed by atoms with E-state index in [1.165, 1.54) is 24.3 Å². The van der Waals surface area contributed by atoms with E-state index >= 15 is 0 Å². The minimum atomic E-state index is -4.02. The number of hydrogen-bond donors (Lipinski definition) is 1. The number of nitrogens with one attached hydrogen (secondary N) is 1. The summed E-state index contributed by atoms with van der Waals surface area (Å²) >= 11 is 0. The van der Waals surface area contributed by atoms with Crippen LogP contribution in [0.15, 0.2) is 143 Å². The van der Waals surface area contributed by atoms with E-state index in [1.807, 2.05) is 106 Å². The largest absolute Gasteiger partial charge is 0.485 e. The third-order valence-corrected chi connectivity index (χ3v) is 11.5. The average molecular weight is 864 g/mol. The summed E-state index contributed by atoms with van der Waals surface area (Å²) in [6, 6.07) is 37.0. The van der Waals surface area contributed by atoms with Gasteiger partial charge in [0.15, 0.2) is 46.1 Å². The molecule has 0 spiro atoms. The fourth-order valence-electron chi connectivity index (χ4n) is 5.41. The van der Waals surface area contributed by atoms with Crippen LogP contribution in [0, 0.1) is 11.6 Å². The molecule has 0 aromatic heterocycles. The Morgan fingerprint density at radius 2 is 0.932 bits per heavy atom. The zero-order chi connectivity index (χ0) is 42.4. The Morgan fingerprint density at radius 3 is 1.34 bits per heavy atom. The van der Waals surface area contributed by atoms with Gasteiger partial charge in [-0.15, -0.1) is 0 Å². The normalized spacial score (nSPS) is 11.3. The molecule has 0 aliphatic rings. The highest BCUT2D eigenvalue weighted by molar-refractivity contribution is 8.13. The molecular formula is C45H44ClF2NO8S2. The van der Waals surface area contributed by atoms with Crippen LogP contribution in [0.5, 0.6) is 34.5 Å². The van der Waals surface area contributed by atoms with E-state index in [1.54, 1.807) is 12.1 Å². The third kappa shape index (κ3) is 13.0. The monoisotopic (exact) mass is 863 g/mol. The van der Waals surface area contributed by atoms with E-state index in [0.717, 1.165) is 47.2 Å². The van der Waals surface area contributed by atoms with Crippen LogP contribution >= 0.6 is 10.7 Å². The SMILES string of the molecule is CCCNS(=O)(=O)c1ccc(Oc2ccc(CC)cc2OCc2ccccc2)c(F)c1.CCc1ccc(Oc2ccc(S(=O)(=O)Cl)cc2F)c(OCc2ccccc2)c1. The predicted octanol–water partition coefficient (Wildman–Crippen LogP) is 11.1. The van der Waals surface area contributed by atoms with Crippen LogP contribution < -0.4 is 23.7 Å². The smallest absolute Gasteiger partial charge is 0.261 e. The molecule has 0 saturated carbocycles. The van der Waals surface area contributed by atoms with Gasteiger partial charge in [-0.25, -0.2) is 30.3 Å². The zero-order valence-corrected chi connectivity index (χ0v) is 35.0. The molecule has 0 aliphatic carbocycles. The maximum absolute atomic E-state index is 14.7. The van der Waals surface area contributed by atoms with E-state index in [2.05, 4.69) is 4.72 Å². The van der Waals surface area contributed by atoms with Crippen molar-refractivity contribution in [1.82, 2.24) is 4.72 Å². The average Bonchev–Trinajstić information content (AvgIpc) is 3.24. The molecule has 310 valence electrons. The number of ether oxygens (including phenoxy) is 4. The van der Waals surface area contributed by atoms with Crippen molar-refractivity contribution in [2.75, 3.05) is 6.54 Å². The molecule has 0 atom stereocenters. The second kappa shape index (κ2) is 21.0. The first-order valence-corrected chi connectivity index (χ1v) is 22.6. The van der Waals surface area contributed by atoms with Crippen LogP contribution in [0.2, 0.25) is 0 Å². The molecule has 0 unspecified atom stereocenters. The maximum Gasteiger partial charge on any atom is 0.261 e. The van der Waals surface area contributed by atoms with Crippen LogP contribution in [0.1, 0.15) is 49.4 Å². The van der Waals surface area contributed by atoms with Gasteiger partial charge >= 0.3 is 0 Å². The molecule has 0 radical (unpaired) electrons. The second-order valence-corrected chi connectivity index (χ2v) is 17.4. The molecule has 1 N–H and O–H groups in total. The molecule has 0 amide bonds. The molecule has 0 fully saturated rings. The number of aryl methyl sites for hydroxylation is 2. The summed E-state index contributed by atoms with van der Waals surface area (Å²) in [6.07, 6.45) is 2.26. The molecule has 6 aromatic carbocycles. The van der Waals surface area contributed by atoms with Gasteiger partial charge in [0.2, 0.25) is 10.0 Å². The highest BCUT2D eigenvalue weighted by Crippen LogP contribution is 2.37. The zero-order valence-electron chi connectivity index (χ0n) is 32.7. The van der Waals surface area contributed by atoms with Gasteiger partial charge in [-0.2, -0.15) is 0 Å². The van der Waals surface area contributed by atoms with Crippen molar-refractivity contribution in [1.29, 1.82) is 0 Å². The minimum absolute atomic E-state index is 0.0803. The van der Waals surface area contributed by atoms with Crippen molar-refractivity contribution in [3.63, 3.8) is 0 Å². The first-order chi connectivity index (χ1) is 28.3. The molecule has 0 bridgehead atoms. The number of halogens is 3. The summed E-state index contributed by atoms with van der Waals surface area (Å²) in [5.74, 6) is -0.176. The summed E-state index contributed by atoms with van der Waals surface area (Å²) in [4.78, 5) is -0.478. The highest BCUT2D eigenvalue weighted by Gasteiger charge is 2.19. The van der Waals surface area contributed by atoms with Gasteiger partial charge in [0.1, 0.15) is 13.2 Å². The molecule has 0 aliphatic heterocycles. The van der Waals surface area contributed by atoms with E-state index in [0.29, 0.717) is 42.6 Å². The molecule has 0 heterocycles. The number of rotatable bonds is 17. The van der Waals surface area contributed by atoms with E-state index < -0.39 is 30.7 Å². The Labute approximate surface area is 349 Å². The minimum Gasteiger partial charge on any atom is -0.485 e. The van der Waals surface area contributed by atoms with Crippen LogP contribution in [0.4, 0.5) is 8.78 Å². The molecule has 59 heavy (non-hydrogen) atoms. The van der Waals surface area contributed by atoms with Gasteiger partial charge in [-0.1, -0.05) is 93.6 Å². The maximum atomic E-state index is 14.7. The second-order valence-electron chi connectivity index (χ2n) is 13.0. The van der Waals surface area contributed by atoms with Gasteiger partial charge in [0, 0.05) is 17.2 Å². The quantitative estimate of drug-likeness (QED) is 0.0901. The topological polar surface area (TPSA) is 117 Å².